The number of hydrogen-bond acceptors (Lipinski definition) is 13. The van der Waals surface area contributed by atoms with Gasteiger partial charge in [-0.1, -0.05) is 48.0 Å². The van der Waals surface area contributed by atoms with Crippen molar-refractivity contribution in [2.75, 3.05) is 97.8 Å². The van der Waals surface area contributed by atoms with Crippen molar-refractivity contribution in [2.24, 2.45) is 5.92 Å². The Morgan fingerprint density at radius 2 is 1.55 bits per heavy atom. The normalized spacial score (nSPS) is 15.5. The van der Waals surface area contributed by atoms with Gasteiger partial charge in [-0.15, -0.1) is 24.4 Å². The number of nitrogens with one attached hydrogen (secondary N) is 2. The maximum atomic E-state index is 15.8. The Hall–Kier alpha value is -4.75. The van der Waals surface area contributed by atoms with Crippen LogP contribution in [0.5, 0.6) is 0 Å². The van der Waals surface area contributed by atoms with E-state index in [1.54, 1.807) is 31.0 Å². The molecule has 2 aliphatic rings. The number of anilines is 4. The van der Waals surface area contributed by atoms with E-state index < -0.39 is 30.5 Å². The first kappa shape index (κ1) is 57.4. The van der Waals surface area contributed by atoms with Crippen molar-refractivity contribution < 1.29 is 36.7 Å². The minimum absolute atomic E-state index is 0.0875. The number of esters is 1. The summed E-state index contributed by atoms with van der Waals surface area (Å²) in [5.74, 6) is 0.0931. The van der Waals surface area contributed by atoms with Crippen LogP contribution in [0.1, 0.15) is 50.4 Å². The lowest BCUT2D eigenvalue weighted by Gasteiger charge is -2.37. The lowest BCUT2D eigenvalue weighted by Crippen LogP contribution is -2.46. The van der Waals surface area contributed by atoms with E-state index in [1.165, 1.54) is 22.5 Å². The molecule has 19 heteroatoms. The van der Waals surface area contributed by atoms with Gasteiger partial charge in [0.25, 0.3) is 0 Å². The first-order valence-corrected chi connectivity index (χ1v) is 31.1. The summed E-state index contributed by atoms with van der Waals surface area (Å²) in [7, 11) is -3.89. The zero-order valence-corrected chi connectivity index (χ0v) is 48.1. The van der Waals surface area contributed by atoms with Gasteiger partial charge in [-0.2, -0.15) is 0 Å². The molecule has 2 saturated heterocycles. The van der Waals surface area contributed by atoms with Crippen LogP contribution in [0, 0.1) is 25.6 Å². The highest BCUT2D eigenvalue weighted by Gasteiger charge is 2.29. The fraction of sp³-hybridized carbons (Fsp3) is 0.386. The molecule has 1 aromatic heterocycles. The van der Waals surface area contributed by atoms with Crippen LogP contribution in [0.15, 0.2) is 135 Å². The number of piperidine rings is 1. The largest absolute Gasteiger partial charge is 0.465 e. The molecular weight excluding hydrogens is 1060 g/mol. The van der Waals surface area contributed by atoms with Crippen LogP contribution in [0.25, 0.3) is 22.4 Å². The number of carbonyl (C=O) groups excluding carboxylic acids is 1. The number of hydrogen-bond donors (Lipinski definition) is 5. The van der Waals surface area contributed by atoms with E-state index in [9.17, 15) is 13.6 Å². The summed E-state index contributed by atoms with van der Waals surface area (Å²) < 4.78 is 53.7. The number of likely N-dealkylation sites (tertiary alicyclic amines) is 1. The summed E-state index contributed by atoms with van der Waals surface area (Å²) in [4.78, 5) is 41.2. The third-order valence-electron chi connectivity index (χ3n) is 14.0. The molecule has 1 unspecified atom stereocenters. The zero-order valence-electron chi connectivity index (χ0n) is 43.8. The quantitative estimate of drug-likeness (QED) is 0.0136. The van der Waals surface area contributed by atoms with Crippen molar-refractivity contribution >= 4 is 83.5 Å². The first-order chi connectivity index (χ1) is 36.5. The van der Waals surface area contributed by atoms with Crippen molar-refractivity contribution in [2.45, 2.75) is 78.6 Å². The van der Waals surface area contributed by atoms with E-state index in [-0.39, 0.29) is 36.3 Å². The second-order valence-electron chi connectivity index (χ2n) is 19.7. The van der Waals surface area contributed by atoms with E-state index in [0.29, 0.717) is 22.6 Å². The maximum absolute atomic E-state index is 15.8. The molecule has 2 aliphatic heterocycles. The second-order valence-corrected chi connectivity index (χ2v) is 25.4. The Morgan fingerprint density at radius 1 is 0.868 bits per heavy atom. The number of aromatic nitrogens is 1. The number of benzene rings is 5. The highest BCUT2D eigenvalue weighted by atomic mass is 32.2. The van der Waals surface area contributed by atoms with E-state index in [1.807, 2.05) is 48.5 Å². The number of thioether (sulfide) groups is 1. The molecular formula is C57H70FN6O7PS4. The lowest BCUT2D eigenvalue weighted by atomic mass is 9.97. The summed E-state index contributed by atoms with van der Waals surface area (Å²) in [6.45, 7) is 13.5. The van der Waals surface area contributed by atoms with Crippen LogP contribution in [0.4, 0.5) is 27.1 Å². The SMILES string of the molecule is COSc1c(-c2cc(F)cc(N3CCN(c4ccc(NCS(=O)c5ccc(N[C@H](CCN6CCC(C(=O)OCCP(=O)(O)O)CC6)CSc6ccccc6)c(S)c5)cc4)CC3)c2)c(-c2ccc(C)cc2)n(C(C)C)c1C. The monoisotopic (exact) mass is 1130 g/mol. The van der Waals surface area contributed by atoms with Gasteiger partial charge in [0.05, 0.1) is 46.5 Å². The zero-order chi connectivity index (χ0) is 53.9. The molecule has 2 atom stereocenters. The molecule has 0 aliphatic carbocycles. The molecule has 0 saturated carbocycles. The predicted octanol–water partition coefficient (Wildman–Crippen LogP) is 12.0. The molecule has 4 N–H and O–H groups in total. The van der Waals surface area contributed by atoms with Crippen molar-refractivity contribution in [3.63, 3.8) is 0 Å². The van der Waals surface area contributed by atoms with Crippen LogP contribution in [0.2, 0.25) is 0 Å². The van der Waals surface area contributed by atoms with Crippen molar-refractivity contribution in [3.8, 4) is 22.4 Å². The Balaban J connectivity index is 0.844. The molecule has 0 bridgehead atoms. The summed E-state index contributed by atoms with van der Waals surface area (Å²) in [6, 6.07) is 38.4. The van der Waals surface area contributed by atoms with Crippen LogP contribution in [-0.2, 0) is 29.1 Å². The van der Waals surface area contributed by atoms with Crippen molar-refractivity contribution in [3.05, 3.63) is 132 Å². The Kier molecular flexibility index (Phi) is 20.2. The summed E-state index contributed by atoms with van der Waals surface area (Å²) in [5, 5.41) is 7.07. The standard InChI is InChI=1S/C57H70FN6O7PS4/c1-39(2)64-41(4)56(75-70-5)54(55(64)42-13-11-40(3)12-14-42)44-33-45(58)35-49(34-44)63-29-27-62(28-30-63)48-17-15-46(16-18-48)59-38-76(69)51-19-20-52(53(73)36-51)60-47(37-74-50-9-7-6-8-10-50)23-26-61-24-21-43(22-25-61)57(65)71-31-32-72(66,67)68/h6-20,33-36,39,43,47,59-60,73H,21-32,37-38H2,1-5H3,(H2,66,67,68)/t47-,76?/m1/s1. The smallest absolute Gasteiger partial charge is 0.328 e. The fourth-order valence-electron chi connectivity index (χ4n) is 9.95. The van der Waals surface area contributed by atoms with Crippen LogP contribution < -0.4 is 20.4 Å². The van der Waals surface area contributed by atoms with Gasteiger partial charge in [-0.05, 0) is 144 Å². The maximum Gasteiger partial charge on any atom is 0.328 e. The number of ether oxygens (including phenoxy) is 1. The highest BCUT2D eigenvalue weighted by molar-refractivity contribution is 7.99. The van der Waals surface area contributed by atoms with Gasteiger partial charge in [-0.3, -0.25) is 13.6 Å². The van der Waals surface area contributed by atoms with E-state index in [4.69, 9.17) is 31.3 Å². The first-order valence-electron chi connectivity index (χ1n) is 25.8. The van der Waals surface area contributed by atoms with Crippen LogP contribution >= 0.6 is 44.0 Å². The number of rotatable bonds is 23. The minimum Gasteiger partial charge on any atom is -0.465 e. The Labute approximate surface area is 463 Å². The van der Waals surface area contributed by atoms with Gasteiger partial charge in [0.2, 0.25) is 0 Å². The highest BCUT2D eigenvalue weighted by Crippen LogP contribution is 2.47. The average Bonchev–Trinajstić information content (AvgIpc) is 3.70. The molecule has 2 fully saturated rings. The second kappa shape index (κ2) is 26.7. The molecule has 8 rings (SSSR count). The molecule has 3 heterocycles. The Morgan fingerprint density at radius 3 is 2.20 bits per heavy atom. The number of nitrogens with zero attached hydrogens (tertiary/aromatic N) is 4. The number of halogens is 1. The fourth-order valence-corrected chi connectivity index (χ4v) is 13.2. The molecule has 0 spiro atoms. The van der Waals surface area contributed by atoms with Gasteiger partial charge < -0.3 is 48.6 Å². The van der Waals surface area contributed by atoms with Crippen molar-refractivity contribution in [1.82, 2.24) is 9.47 Å². The molecule has 6 aromatic rings. The molecule has 13 nitrogen and oxygen atoms in total. The van der Waals surface area contributed by atoms with Gasteiger partial charge in [0, 0.05) is 111 Å². The van der Waals surface area contributed by atoms with E-state index in [0.717, 1.165) is 114 Å². The van der Waals surface area contributed by atoms with E-state index in [2.05, 4.69) is 112 Å². The van der Waals surface area contributed by atoms with E-state index >= 15 is 4.39 Å². The van der Waals surface area contributed by atoms with Gasteiger partial charge in [-0.25, -0.2) is 4.39 Å². The topological polar surface area (TPSA) is 149 Å². The summed E-state index contributed by atoms with van der Waals surface area (Å²) in [6.07, 6.45) is 1.64. The summed E-state index contributed by atoms with van der Waals surface area (Å²) >= 11 is 7.95. The molecule has 5 aromatic carbocycles. The lowest BCUT2D eigenvalue weighted by molar-refractivity contribution is -0.149. The van der Waals surface area contributed by atoms with Crippen molar-refractivity contribution in [1.29, 1.82) is 0 Å². The number of carbonyl (C=O) groups is 1. The minimum atomic E-state index is -4.22. The van der Waals surface area contributed by atoms with Gasteiger partial charge >= 0.3 is 13.6 Å². The van der Waals surface area contributed by atoms with Gasteiger partial charge in [0.15, 0.2) is 0 Å². The molecule has 76 heavy (non-hydrogen) atoms. The molecule has 0 radical (unpaired) electrons. The van der Waals surface area contributed by atoms with Crippen LogP contribution in [0.3, 0.4) is 0 Å². The number of aryl methyl sites for hydroxylation is 1. The van der Waals surface area contributed by atoms with Gasteiger partial charge in [0.1, 0.15) is 12.4 Å². The summed E-state index contributed by atoms with van der Waals surface area (Å²) in [5.41, 5.74) is 9.85. The third kappa shape index (κ3) is 15.3. The predicted molar refractivity (Wildman–Crippen MR) is 314 cm³/mol. The molecule has 406 valence electrons. The number of thiol groups is 1. The van der Waals surface area contributed by atoms with Crippen LogP contribution in [-0.4, -0.2) is 113 Å². The Bertz CT molecular complexity index is 2970. The average molecular weight is 1130 g/mol. The third-order valence-corrected chi connectivity index (χ3v) is 18.3. The number of piperazine rings is 1. The molecule has 0 amide bonds.